The van der Waals surface area contributed by atoms with Gasteiger partial charge in [-0.15, -0.1) is 0 Å². The van der Waals surface area contributed by atoms with Crippen LogP contribution in [0.15, 0.2) is 78.9 Å². The van der Waals surface area contributed by atoms with E-state index in [1.807, 2.05) is 78.9 Å². The summed E-state index contributed by atoms with van der Waals surface area (Å²) in [6.07, 6.45) is -0.306. The molecule has 0 fully saturated rings. The van der Waals surface area contributed by atoms with Gasteiger partial charge in [0, 0.05) is 11.4 Å². The number of hydrogen-bond acceptors (Lipinski definition) is 3. The van der Waals surface area contributed by atoms with Crippen molar-refractivity contribution in [3.63, 3.8) is 0 Å². The van der Waals surface area contributed by atoms with Gasteiger partial charge in [0.25, 0.3) is 5.91 Å². The number of rotatable bonds is 3. The summed E-state index contributed by atoms with van der Waals surface area (Å²) in [5.41, 5.74) is 3.33. The lowest BCUT2D eigenvalue weighted by atomic mass is 10.0. The van der Waals surface area contributed by atoms with Crippen LogP contribution in [0.3, 0.4) is 0 Å². The van der Waals surface area contributed by atoms with Gasteiger partial charge in [0.15, 0.2) is 0 Å². The third-order valence-corrected chi connectivity index (χ3v) is 4.37. The van der Waals surface area contributed by atoms with Gasteiger partial charge in [-0.05, 0) is 42.0 Å². The minimum atomic E-state index is -0.306. The number of nitrogens with one attached hydrogen (secondary N) is 1. The van der Waals surface area contributed by atoms with Crippen molar-refractivity contribution in [2.45, 2.75) is 6.17 Å². The highest BCUT2D eigenvalue weighted by Gasteiger charge is 2.33. The molecule has 4 rings (SSSR count). The molecule has 3 aromatic rings. The Balaban J connectivity index is 1.86. The number of amides is 1. The summed E-state index contributed by atoms with van der Waals surface area (Å²) in [4.78, 5) is 15.0. The second-order valence-corrected chi connectivity index (χ2v) is 5.88. The Bertz CT molecular complexity index is 909. The molecule has 0 aromatic heterocycles. The van der Waals surface area contributed by atoms with Crippen LogP contribution >= 0.6 is 0 Å². The molecule has 25 heavy (non-hydrogen) atoms. The largest absolute Gasteiger partial charge is 0.497 e. The molecular formula is C21H18N2O2. The number of nitrogens with zero attached hydrogens (tertiary/aromatic N) is 1. The van der Waals surface area contributed by atoms with Crippen LogP contribution in [0, 0.1) is 0 Å². The number of para-hydroxylation sites is 2. The van der Waals surface area contributed by atoms with Gasteiger partial charge in [-0.1, -0.05) is 42.5 Å². The van der Waals surface area contributed by atoms with Gasteiger partial charge in [-0.2, -0.15) is 0 Å². The van der Waals surface area contributed by atoms with Crippen molar-refractivity contribution in [3.8, 4) is 5.75 Å². The number of anilines is 2. The summed E-state index contributed by atoms with van der Waals surface area (Å²) in [7, 11) is 1.64. The fraction of sp³-hybridized carbons (Fsp3) is 0.0952. The summed E-state index contributed by atoms with van der Waals surface area (Å²) in [5.74, 6) is 0.743. The van der Waals surface area contributed by atoms with Gasteiger partial charge in [0.05, 0.1) is 12.7 Å². The van der Waals surface area contributed by atoms with Gasteiger partial charge in [0.2, 0.25) is 0 Å². The second kappa shape index (κ2) is 6.32. The molecule has 0 saturated heterocycles. The predicted molar refractivity (Wildman–Crippen MR) is 99.1 cm³/mol. The maximum absolute atomic E-state index is 13.2. The first-order valence-corrected chi connectivity index (χ1v) is 8.16. The van der Waals surface area contributed by atoms with Crippen molar-refractivity contribution < 1.29 is 9.53 Å². The van der Waals surface area contributed by atoms with Crippen molar-refractivity contribution >= 4 is 17.3 Å². The highest BCUT2D eigenvalue weighted by Crippen LogP contribution is 2.37. The van der Waals surface area contributed by atoms with Gasteiger partial charge < -0.3 is 10.1 Å². The van der Waals surface area contributed by atoms with Crippen LogP contribution in [-0.2, 0) is 0 Å². The average molecular weight is 330 g/mol. The van der Waals surface area contributed by atoms with E-state index in [4.69, 9.17) is 4.74 Å². The summed E-state index contributed by atoms with van der Waals surface area (Å²) in [6.45, 7) is 0. The first kappa shape index (κ1) is 15.3. The Kier molecular flexibility index (Phi) is 3.86. The molecule has 3 aromatic carbocycles. The van der Waals surface area contributed by atoms with Crippen LogP contribution in [0.4, 0.5) is 11.4 Å². The third-order valence-electron chi connectivity index (χ3n) is 4.37. The van der Waals surface area contributed by atoms with Crippen molar-refractivity contribution in [2.75, 3.05) is 17.3 Å². The van der Waals surface area contributed by atoms with E-state index in [2.05, 4.69) is 5.32 Å². The molecule has 1 N–H and O–H groups in total. The lowest BCUT2D eigenvalue weighted by Crippen LogP contribution is -2.43. The van der Waals surface area contributed by atoms with Gasteiger partial charge in [-0.25, -0.2) is 0 Å². The second-order valence-electron chi connectivity index (χ2n) is 5.88. The van der Waals surface area contributed by atoms with Crippen molar-refractivity contribution in [1.29, 1.82) is 0 Å². The quantitative estimate of drug-likeness (QED) is 0.770. The molecule has 1 aliphatic rings. The van der Waals surface area contributed by atoms with Gasteiger partial charge in [0.1, 0.15) is 11.9 Å². The van der Waals surface area contributed by atoms with Crippen molar-refractivity contribution in [1.82, 2.24) is 0 Å². The highest BCUT2D eigenvalue weighted by atomic mass is 16.5. The molecule has 0 spiro atoms. The van der Waals surface area contributed by atoms with E-state index in [-0.39, 0.29) is 12.1 Å². The molecule has 0 radical (unpaired) electrons. The normalized spacial score (nSPS) is 16.1. The molecular weight excluding hydrogens is 312 g/mol. The molecule has 4 nitrogen and oxygen atoms in total. The van der Waals surface area contributed by atoms with E-state index in [1.165, 1.54) is 0 Å². The zero-order valence-electron chi connectivity index (χ0n) is 13.8. The minimum absolute atomic E-state index is 0.0200. The molecule has 0 saturated carbocycles. The lowest BCUT2D eigenvalue weighted by Gasteiger charge is -2.38. The minimum Gasteiger partial charge on any atom is -0.497 e. The van der Waals surface area contributed by atoms with E-state index < -0.39 is 0 Å². The zero-order chi connectivity index (χ0) is 17.2. The molecule has 1 heterocycles. The van der Waals surface area contributed by atoms with Crippen LogP contribution in [-0.4, -0.2) is 13.0 Å². The SMILES string of the molecule is COc1cccc([C@@H]2Nc3ccccc3C(=O)N2c2ccccc2)c1. The summed E-state index contributed by atoms with van der Waals surface area (Å²) in [6, 6.07) is 25.1. The number of fused-ring (bicyclic) bond motifs is 1. The zero-order valence-corrected chi connectivity index (χ0v) is 13.8. The topological polar surface area (TPSA) is 41.6 Å². The number of benzene rings is 3. The first-order valence-electron chi connectivity index (χ1n) is 8.16. The molecule has 0 bridgehead atoms. The van der Waals surface area contributed by atoms with Crippen LogP contribution in [0.1, 0.15) is 22.1 Å². The molecule has 4 heteroatoms. The maximum Gasteiger partial charge on any atom is 0.262 e. The van der Waals surface area contributed by atoms with E-state index in [0.717, 1.165) is 22.7 Å². The molecule has 0 aliphatic carbocycles. The van der Waals surface area contributed by atoms with Gasteiger partial charge >= 0.3 is 0 Å². The number of carbonyl (C=O) groups is 1. The number of hydrogen-bond donors (Lipinski definition) is 1. The van der Waals surface area contributed by atoms with E-state index in [9.17, 15) is 4.79 Å². The maximum atomic E-state index is 13.2. The smallest absolute Gasteiger partial charge is 0.262 e. The van der Waals surface area contributed by atoms with Gasteiger partial charge in [-0.3, -0.25) is 9.69 Å². The fourth-order valence-electron chi connectivity index (χ4n) is 3.15. The Morgan fingerprint density at radius 3 is 2.48 bits per heavy atom. The Morgan fingerprint density at radius 1 is 0.920 bits per heavy atom. The fourth-order valence-corrected chi connectivity index (χ4v) is 3.15. The standard InChI is InChI=1S/C21H18N2O2/c1-25-17-11-7-8-15(14-17)20-22-19-13-6-5-12-18(19)21(24)23(20)16-9-3-2-4-10-16/h2-14,20,22H,1H3/t20-/m1/s1. The predicted octanol–water partition coefficient (Wildman–Crippen LogP) is 4.47. The molecule has 1 atom stereocenters. The van der Waals surface area contributed by atoms with E-state index >= 15 is 0 Å². The number of methoxy groups -OCH3 is 1. The Labute approximate surface area is 146 Å². The summed E-state index contributed by atoms with van der Waals surface area (Å²) in [5, 5.41) is 3.49. The first-order chi connectivity index (χ1) is 12.3. The third kappa shape index (κ3) is 2.72. The van der Waals surface area contributed by atoms with Crippen LogP contribution < -0.4 is 15.0 Å². The summed E-state index contributed by atoms with van der Waals surface area (Å²) < 4.78 is 5.35. The highest BCUT2D eigenvalue weighted by molar-refractivity contribution is 6.12. The van der Waals surface area contributed by atoms with Crippen molar-refractivity contribution in [2.24, 2.45) is 0 Å². The number of ether oxygens (including phenoxy) is 1. The van der Waals surface area contributed by atoms with Crippen LogP contribution in [0.2, 0.25) is 0 Å². The molecule has 1 amide bonds. The van der Waals surface area contributed by atoms with Crippen molar-refractivity contribution in [3.05, 3.63) is 90.0 Å². The Morgan fingerprint density at radius 2 is 1.68 bits per heavy atom. The summed E-state index contributed by atoms with van der Waals surface area (Å²) >= 11 is 0. The van der Waals surface area contributed by atoms with E-state index in [1.54, 1.807) is 12.0 Å². The molecule has 124 valence electrons. The lowest BCUT2D eigenvalue weighted by molar-refractivity contribution is 0.0975. The van der Waals surface area contributed by atoms with E-state index in [0.29, 0.717) is 5.56 Å². The Hall–Kier alpha value is -3.27. The molecule has 1 aliphatic heterocycles. The number of carbonyl (C=O) groups excluding carboxylic acids is 1. The van der Waals surface area contributed by atoms with Crippen LogP contribution in [0.25, 0.3) is 0 Å². The average Bonchev–Trinajstić information content (AvgIpc) is 2.68. The monoisotopic (exact) mass is 330 g/mol. The molecule has 0 unspecified atom stereocenters. The van der Waals surface area contributed by atoms with Crippen LogP contribution in [0.5, 0.6) is 5.75 Å².